The van der Waals surface area contributed by atoms with Gasteiger partial charge < -0.3 is 15.2 Å². The maximum atomic E-state index is 6.02. The summed E-state index contributed by atoms with van der Waals surface area (Å²) in [6.45, 7) is 5.22. The van der Waals surface area contributed by atoms with Crippen molar-refractivity contribution in [1.29, 1.82) is 0 Å². The van der Waals surface area contributed by atoms with Gasteiger partial charge >= 0.3 is 0 Å². The fraction of sp³-hybridized carbons (Fsp3) is 0.471. The van der Waals surface area contributed by atoms with Gasteiger partial charge in [-0.3, -0.25) is 0 Å². The first kappa shape index (κ1) is 16.8. The Hall–Kier alpha value is -2.08. The van der Waals surface area contributed by atoms with Crippen LogP contribution in [0.1, 0.15) is 30.6 Å². The number of rotatable bonds is 6. The number of nitrogens with one attached hydrogen (secondary N) is 2. The second-order valence-corrected chi connectivity index (χ2v) is 6.23. The number of aryl methyl sites for hydroxylation is 1. The zero-order chi connectivity index (χ0) is 16.8. The highest BCUT2D eigenvalue weighted by Crippen LogP contribution is 2.14. The van der Waals surface area contributed by atoms with E-state index in [4.69, 9.17) is 11.6 Å². The van der Waals surface area contributed by atoms with Gasteiger partial charge in [-0.15, -0.1) is 10.2 Å². The molecule has 2 aromatic rings. The summed E-state index contributed by atoms with van der Waals surface area (Å²) in [7, 11) is 0. The van der Waals surface area contributed by atoms with Crippen molar-refractivity contribution in [2.75, 3.05) is 13.1 Å². The molecular formula is C17H23ClN6. The number of halogens is 1. The van der Waals surface area contributed by atoms with Crippen LogP contribution in [0.4, 0.5) is 0 Å². The fourth-order valence-electron chi connectivity index (χ4n) is 2.84. The fourth-order valence-corrected chi connectivity index (χ4v) is 3.05. The van der Waals surface area contributed by atoms with Gasteiger partial charge in [0.25, 0.3) is 0 Å². The number of hydrogen-bond donors (Lipinski definition) is 2. The second-order valence-electron chi connectivity index (χ2n) is 5.79. The highest BCUT2D eigenvalue weighted by Gasteiger charge is 2.16. The molecule has 1 aromatic heterocycles. The van der Waals surface area contributed by atoms with Crippen molar-refractivity contribution >= 4 is 17.6 Å². The number of aliphatic imine (C=N–C) groups is 1. The third kappa shape index (κ3) is 4.26. The number of hydrogen-bond acceptors (Lipinski definition) is 3. The average molecular weight is 347 g/mol. The summed E-state index contributed by atoms with van der Waals surface area (Å²) in [5.74, 6) is 2.82. The Bertz CT molecular complexity index is 709. The topological polar surface area (TPSA) is 67.1 Å². The van der Waals surface area contributed by atoms with Crippen molar-refractivity contribution in [3.8, 4) is 0 Å². The molecule has 0 spiro atoms. The van der Waals surface area contributed by atoms with Crippen LogP contribution in [0.2, 0.25) is 5.02 Å². The Morgan fingerprint density at radius 3 is 3.08 bits per heavy atom. The minimum absolute atomic E-state index is 0.541. The minimum Gasteiger partial charge on any atom is -0.357 e. The predicted octanol–water partition coefficient (Wildman–Crippen LogP) is 2.18. The Morgan fingerprint density at radius 2 is 2.25 bits per heavy atom. The third-order valence-corrected chi connectivity index (χ3v) is 4.24. The lowest BCUT2D eigenvalue weighted by Crippen LogP contribution is -2.38. The monoisotopic (exact) mass is 346 g/mol. The minimum atomic E-state index is 0.541. The van der Waals surface area contributed by atoms with E-state index in [2.05, 4.69) is 43.4 Å². The maximum Gasteiger partial charge on any atom is 0.191 e. The van der Waals surface area contributed by atoms with Crippen molar-refractivity contribution in [1.82, 2.24) is 25.4 Å². The van der Waals surface area contributed by atoms with Gasteiger partial charge in [0.05, 0.1) is 0 Å². The number of aromatic nitrogens is 3. The molecule has 0 unspecified atom stereocenters. The molecule has 1 aliphatic heterocycles. The molecule has 0 bridgehead atoms. The highest BCUT2D eigenvalue weighted by atomic mass is 35.5. The number of fused-ring (bicyclic) bond motifs is 1. The molecule has 7 heteroatoms. The first-order chi connectivity index (χ1) is 11.8. The van der Waals surface area contributed by atoms with E-state index in [9.17, 15) is 0 Å². The molecule has 0 atom stereocenters. The van der Waals surface area contributed by atoms with Crippen LogP contribution in [-0.2, 0) is 25.9 Å². The number of nitrogens with zero attached hydrogens (tertiary/aromatic N) is 4. The van der Waals surface area contributed by atoms with E-state index in [0.29, 0.717) is 6.54 Å². The molecule has 0 saturated carbocycles. The van der Waals surface area contributed by atoms with Crippen LogP contribution in [0.5, 0.6) is 0 Å². The zero-order valence-corrected chi connectivity index (χ0v) is 14.7. The summed E-state index contributed by atoms with van der Waals surface area (Å²) in [6, 6.07) is 7.94. The van der Waals surface area contributed by atoms with Crippen LogP contribution in [0.15, 0.2) is 29.3 Å². The molecule has 0 radical (unpaired) electrons. The molecule has 128 valence electrons. The second kappa shape index (κ2) is 8.15. The van der Waals surface area contributed by atoms with Gasteiger partial charge in [-0.2, -0.15) is 0 Å². The summed E-state index contributed by atoms with van der Waals surface area (Å²) in [4.78, 5) is 4.63. The smallest absolute Gasteiger partial charge is 0.191 e. The average Bonchev–Trinajstić information content (AvgIpc) is 3.16. The van der Waals surface area contributed by atoms with E-state index in [1.54, 1.807) is 0 Å². The lowest BCUT2D eigenvalue weighted by Gasteiger charge is -2.11. The zero-order valence-electron chi connectivity index (χ0n) is 13.9. The molecule has 2 heterocycles. The van der Waals surface area contributed by atoms with E-state index < -0.39 is 0 Å². The van der Waals surface area contributed by atoms with E-state index in [1.807, 2.05) is 18.2 Å². The third-order valence-electron chi connectivity index (χ3n) is 4.00. The Labute approximate surface area is 147 Å². The van der Waals surface area contributed by atoms with Gasteiger partial charge in [0.1, 0.15) is 12.4 Å². The summed E-state index contributed by atoms with van der Waals surface area (Å²) in [5, 5.41) is 15.9. The van der Waals surface area contributed by atoms with Crippen molar-refractivity contribution in [3.05, 3.63) is 46.5 Å². The molecule has 0 saturated heterocycles. The summed E-state index contributed by atoms with van der Waals surface area (Å²) in [6.07, 6.45) is 3.07. The lowest BCUT2D eigenvalue weighted by atomic mass is 10.1. The van der Waals surface area contributed by atoms with Crippen LogP contribution in [0.3, 0.4) is 0 Å². The van der Waals surface area contributed by atoms with Crippen LogP contribution in [0.25, 0.3) is 0 Å². The molecule has 3 rings (SSSR count). The number of guanidine groups is 1. The molecule has 6 nitrogen and oxygen atoms in total. The predicted molar refractivity (Wildman–Crippen MR) is 96.3 cm³/mol. The molecule has 2 N–H and O–H groups in total. The van der Waals surface area contributed by atoms with Crippen molar-refractivity contribution < 1.29 is 0 Å². The first-order valence-corrected chi connectivity index (χ1v) is 8.81. The Balaban J connectivity index is 1.55. The van der Waals surface area contributed by atoms with Gasteiger partial charge in [-0.25, -0.2) is 4.99 Å². The van der Waals surface area contributed by atoms with Gasteiger partial charge in [-0.1, -0.05) is 23.7 Å². The summed E-state index contributed by atoms with van der Waals surface area (Å²) < 4.78 is 2.18. The van der Waals surface area contributed by atoms with E-state index >= 15 is 0 Å². The van der Waals surface area contributed by atoms with Gasteiger partial charge in [0.15, 0.2) is 11.8 Å². The Kier molecular flexibility index (Phi) is 5.69. The van der Waals surface area contributed by atoms with E-state index in [-0.39, 0.29) is 0 Å². The van der Waals surface area contributed by atoms with E-state index in [1.165, 1.54) is 5.56 Å². The van der Waals surface area contributed by atoms with Gasteiger partial charge in [0, 0.05) is 31.1 Å². The molecule has 0 aliphatic carbocycles. The molecule has 0 amide bonds. The standard InChI is InChI=1S/C17H23ClN6/c1-2-19-17(20-9-8-13-5-3-6-14(18)11-13)21-12-16-23-22-15-7-4-10-24(15)16/h3,5-6,11H,2,4,7-10,12H2,1H3,(H2,19,20,21). The molecule has 0 fully saturated rings. The van der Waals surface area contributed by atoms with Crippen LogP contribution in [0, 0.1) is 0 Å². The molecule has 24 heavy (non-hydrogen) atoms. The number of benzene rings is 1. The first-order valence-electron chi connectivity index (χ1n) is 8.44. The van der Waals surface area contributed by atoms with Crippen LogP contribution >= 0.6 is 11.6 Å². The summed E-state index contributed by atoms with van der Waals surface area (Å²) in [5.41, 5.74) is 1.21. The van der Waals surface area contributed by atoms with E-state index in [0.717, 1.165) is 61.5 Å². The van der Waals surface area contributed by atoms with Crippen molar-refractivity contribution in [3.63, 3.8) is 0 Å². The summed E-state index contributed by atoms with van der Waals surface area (Å²) >= 11 is 6.02. The van der Waals surface area contributed by atoms with Crippen molar-refractivity contribution in [2.45, 2.75) is 39.3 Å². The van der Waals surface area contributed by atoms with Crippen LogP contribution in [-0.4, -0.2) is 33.8 Å². The van der Waals surface area contributed by atoms with Crippen LogP contribution < -0.4 is 10.6 Å². The molecular weight excluding hydrogens is 324 g/mol. The largest absolute Gasteiger partial charge is 0.357 e. The normalized spacial score (nSPS) is 13.8. The van der Waals surface area contributed by atoms with Gasteiger partial charge in [0.2, 0.25) is 0 Å². The van der Waals surface area contributed by atoms with Crippen molar-refractivity contribution in [2.24, 2.45) is 4.99 Å². The lowest BCUT2D eigenvalue weighted by molar-refractivity contribution is 0.684. The maximum absolute atomic E-state index is 6.02. The molecule has 1 aromatic carbocycles. The highest BCUT2D eigenvalue weighted by molar-refractivity contribution is 6.30. The molecule has 1 aliphatic rings. The SMILES string of the molecule is CCNC(=NCc1nnc2n1CCC2)NCCc1cccc(Cl)c1. The quantitative estimate of drug-likeness (QED) is 0.621. The Morgan fingerprint density at radius 1 is 1.33 bits per heavy atom. The van der Waals surface area contributed by atoms with Gasteiger partial charge in [-0.05, 0) is 37.5 Å².